The van der Waals surface area contributed by atoms with Crippen LogP contribution in [0.5, 0.6) is 5.88 Å². The van der Waals surface area contributed by atoms with Crippen LogP contribution in [-0.2, 0) is 16.4 Å². The molecule has 0 unspecified atom stereocenters. The molecule has 0 spiro atoms. The number of halogens is 3. The van der Waals surface area contributed by atoms with E-state index in [9.17, 15) is 36.3 Å². The molecular formula is C25H21F3N4O5S. The van der Waals surface area contributed by atoms with E-state index in [1.807, 2.05) is 6.07 Å². The molecule has 1 N–H and O–H groups in total. The molecule has 0 saturated carbocycles. The van der Waals surface area contributed by atoms with Crippen molar-refractivity contribution in [3.63, 3.8) is 0 Å². The average molecular weight is 547 g/mol. The first-order valence-electron chi connectivity index (χ1n) is 11.0. The largest absolute Gasteiger partial charge is 0.501 e. The number of benzene rings is 2. The molecule has 0 fully saturated rings. The van der Waals surface area contributed by atoms with Crippen molar-refractivity contribution >= 4 is 21.4 Å². The summed E-state index contributed by atoms with van der Waals surface area (Å²) < 4.78 is 63.8. The number of nitrogens with zero attached hydrogens (tertiary/aromatic N) is 4. The summed E-state index contributed by atoms with van der Waals surface area (Å²) in [6, 6.07) is 15.4. The maximum atomic E-state index is 13.1. The molecule has 4 rings (SSSR count). The SMILES string of the molecule is Cc1c(O)n(-c2ccc(S(=O)(=O)C(F)(F)F)cc2)c(=O)n1Cc1ccnc(C(=O)N(C)c2ccccc2)c1. The highest BCUT2D eigenvalue weighted by atomic mass is 32.2. The standard InChI is InChI=1S/C25H21F3N4O5S/c1-16-22(33)32(19-8-10-20(11-9-19)38(36,37)25(26,27)28)24(35)31(16)15-17-12-13-29-21(14-17)23(34)30(2)18-6-4-3-5-7-18/h3-14,33H,15H2,1-2H3. The Morgan fingerprint density at radius 3 is 2.29 bits per heavy atom. The van der Waals surface area contributed by atoms with Crippen LogP contribution < -0.4 is 10.6 Å². The Labute approximate surface area is 214 Å². The average Bonchev–Trinajstić information content (AvgIpc) is 3.10. The quantitative estimate of drug-likeness (QED) is 0.395. The van der Waals surface area contributed by atoms with E-state index in [-0.39, 0.29) is 29.5 Å². The number of hydrogen-bond acceptors (Lipinski definition) is 6. The zero-order valence-corrected chi connectivity index (χ0v) is 20.9. The third kappa shape index (κ3) is 4.79. The summed E-state index contributed by atoms with van der Waals surface area (Å²) in [5.74, 6) is -0.855. The topological polar surface area (TPSA) is 115 Å². The first-order valence-corrected chi connectivity index (χ1v) is 12.5. The van der Waals surface area contributed by atoms with Gasteiger partial charge in [-0.2, -0.15) is 13.2 Å². The van der Waals surface area contributed by atoms with E-state index in [1.165, 1.54) is 28.7 Å². The lowest BCUT2D eigenvalue weighted by atomic mass is 10.2. The Balaban J connectivity index is 1.64. The van der Waals surface area contributed by atoms with Crippen molar-refractivity contribution in [1.82, 2.24) is 14.1 Å². The molecule has 1 amide bonds. The Hall–Kier alpha value is -4.39. The Bertz CT molecular complexity index is 1660. The summed E-state index contributed by atoms with van der Waals surface area (Å²) >= 11 is 0. The van der Waals surface area contributed by atoms with E-state index in [1.54, 1.807) is 37.4 Å². The zero-order chi connectivity index (χ0) is 27.8. The van der Waals surface area contributed by atoms with Crippen LogP contribution in [0.2, 0.25) is 0 Å². The van der Waals surface area contributed by atoms with E-state index in [4.69, 9.17) is 0 Å². The van der Waals surface area contributed by atoms with Gasteiger partial charge in [0.25, 0.3) is 15.7 Å². The maximum Gasteiger partial charge on any atom is 0.501 e. The molecule has 0 aliphatic heterocycles. The number of aromatic hydroxyl groups is 1. The highest BCUT2D eigenvalue weighted by Gasteiger charge is 2.46. The molecule has 2 aromatic heterocycles. The second kappa shape index (κ2) is 9.82. The van der Waals surface area contributed by atoms with Gasteiger partial charge in [-0.25, -0.2) is 17.8 Å². The maximum absolute atomic E-state index is 13.1. The summed E-state index contributed by atoms with van der Waals surface area (Å²) in [6.07, 6.45) is 1.42. The molecule has 0 saturated heterocycles. The molecule has 2 aromatic carbocycles. The van der Waals surface area contributed by atoms with Gasteiger partial charge in [-0.1, -0.05) is 18.2 Å². The fraction of sp³-hybridized carbons (Fsp3) is 0.160. The van der Waals surface area contributed by atoms with Gasteiger partial charge >= 0.3 is 11.2 Å². The first-order chi connectivity index (χ1) is 17.8. The minimum Gasteiger partial charge on any atom is -0.493 e. The second-order valence-corrected chi connectivity index (χ2v) is 10.2. The second-order valence-electron chi connectivity index (χ2n) is 8.31. The number of anilines is 1. The Kier molecular flexibility index (Phi) is 6.89. The molecule has 13 heteroatoms. The van der Waals surface area contributed by atoms with Crippen molar-refractivity contribution in [2.45, 2.75) is 23.9 Å². The van der Waals surface area contributed by atoms with Crippen LogP contribution >= 0.6 is 0 Å². The summed E-state index contributed by atoms with van der Waals surface area (Å²) in [5, 5.41) is 10.6. The van der Waals surface area contributed by atoms with Gasteiger partial charge in [-0.15, -0.1) is 0 Å². The molecule has 9 nitrogen and oxygen atoms in total. The highest BCUT2D eigenvalue weighted by molar-refractivity contribution is 7.92. The number of rotatable bonds is 6. The van der Waals surface area contributed by atoms with Gasteiger partial charge in [-0.05, 0) is 61.0 Å². The van der Waals surface area contributed by atoms with Gasteiger partial charge in [0.15, 0.2) is 0 Å². The molecular weight excluding hydrogens is 525 g/mol. The minimum absolute atomic E-state index is 0.0365. The van der Waals surface area contributed by atoms with Crippen LogP contribution in [0.1, 0.15) is 21.7 Å². The lowest BCUT2D eigenvalue weighted by Gasteiger charge is -2.17. The minimum atomic E-state index is -5.57. The van der Waals surface area contributed by atoms with Crippen molar-refractivity contribution in [2.75, 3.05) is 11.9 Å². The molecule has 2 heterocycles. The van der Waals surface area contributed by atoms with E-state index >= 15 is 0 Å². The Morgan fingerprint density at radius 2 is 1.68 bits per heavy atom. The Morgan fingerprint density at radius 1 is 1.05 bits per heavy atom. The van der Waals surface area contributed by atoms with E-state index in [2.05, 4.69) is 4.98 Å². The van der Waals surface area contributed by atoms with Gasteiger partial charge in [0.1, 0.15) is 5.69 Å². The van der Waals surface area contributed by atoms with Gasteiger partial charge < -0.3 is 10.0 Å². The van der Waals surface area contributed by atoms with Gasteiger partial charge in [0.05, 0.1) is 22.8 Å². The first kappa shape index (κ1) is 26.7. The van der Waals surface area contributed by atoms with Gasteiger partial charge in [0.2, 0.25) is 5.88 Å². The van der Waals surface area contributed by atoms with Crippen molar-refractivity contribution in [2.24, 2.45) is 0 Å². The van der Waals surface area contributed by atoms with Gasteiger partial charge in [0, 0.05) is 18.9 Å². The molecule has 4 aromatic rings. The summed E-state index contributed by atoms with van der Waals surface area (Å²) in [5.41, 5.74) is -4.78. The van der Waals surface area contributed by atoms with E-state index in [0.29, 0.717) is 23.4 Å². The number of amides is 1. The summed E-state index contributed by atoms with van der Waals surface area (Å²) in [6.45, 7) is 1.41. The van der Waals surface area contributed by atoms with E-state index < -0.39 is 31.8 Å². The normalized spacial score (nSPS) is 11.9. The molecule has 198 valence electrons. The fourth-order valence-electron chi connectivity index (χ4n) is 3.78. The van der Waals surface area contributed by atoms with Crippen LogP contribution in [-0.4, -0.2) is 46.1 Å². The molecule has 38 heavy (non-hydrogen) atoms. The number of hydrogen-bond donors (Lipinski definition) is 1. The van der Waals surface area contributed by atoms with Crippen molar-refractivity contribution in [3.8, 4) is 11.6 Å². The van der Waals surface area contributed by atoms with Crippen molar-refractivity contribution in [3.05, 3.63) is 100 Å². The summed E-state index contributed by atoms with van der Waals surface area (Å²) in [4.78, 5) is 30.6. The zero-order valence-electron chi connectivity index (χ0n) is 20.0. The number of carbonyl (C=O) groups excluding carboxylic acids is 1. The van der Waals surface area contributed by atoms with Crippen molar-refractivity contribution < 1.29 is 31.5 Å². The number of aromatic nitrogens is 3. The third-order valence-corrected chi connectivity index (χ3v) is 7.41. The number of carbonyl (C=O) groups is 1. The molecule has 0 bridgehead atoms. The van der Waals surface area contributed by atoms with Crippen LogP contribution in [0.25, 0.3) is 5.69 Å². The number of pyridine rings is 1. The molecule has 0 aliphatic carbocycles. The monoisotopic (exact) mass is 546 g/mol. The van der Waals surface area contributed by atoms with Crippen LogP contribution in [0, 0.1) is 6.92 Å². The number of imidazole rings is 1. The van der Waals surface area contributed by atoms with Crippen LogP contribution in [0.4, 0.5) is 18.9 Å². The van der Waals surface area contributed by atoms with E-state index in [0.717, 1.165) is 16.7 Å². The number of alkyl halides is 3. The van der Waals surface area contributed by atoms with Crippen LogP contribution in [0.15, 0.2) is 82.6 Å². The lowest BCUT2D eigenvalue weighted by molar-refractivity contribution is -0.0436. The van der Waals surface area contributed by atoms with Gasteiger partial charge in [-0.3, -0.25) is 14.3 Å². The van der Waals surface area contributed by atoms with Crippen molar-refractivity contribution in [1.29, 1.82) is 0 Å². The molecule has 0 atom stereocenters. The summed E-state index contributed by atoms with van der Waals surface area (Å²) in [7, 11) is -3.97. The predicted octanol–water partition coefficient (Wildman–Crippen LogP) is 3.67. The number of sulfone groups is 1. The highest BCUT2D eigenvalue weighted by Crippen LogP contribution is 2.31. The number of para-hydroxylation sites is 1. The smallest absolute Gasteiger partial charge is 0.493 e. The molecule has 0 radical (unpaired) electrons. The predicted molar refractivity (Wildman–Crippen MR) is 132 cm³/mol. The lowest BCUT2D eigenvalue weighted by Crippen LogP contribution is -2.27. The molecule has 0 aliphatic rings. The van der Waals surface area contributed by atoms with Crippen LogP contribution in [0.3, 0.4) is 0 Å². The fourth-order valence-corrected chi connectivity index (χ4v) is 4.54. The third-order valence-electron chi connectivity index (χ3n) is 5.90.